The van der Waals surface area contributed by atoms with Crippen molar-refractivity contribution < 1.29 is 14.2 Å². The van der Waals surface area contributed by atoms with E-state index in [2.05, 4.69) is 315 Å². The predicted molar refractivity (Wildman–Crippen MR) is 452 cm³/mol. The van der Waals surface area contributed by atoms with Crippen molar-refractivity contribution in [3.8, 4) is 57.2 Å². The predicted octanol–water partition coefficient (Wildman–Crippen LogP) is 17.8. The third-order valence-electron chi connectivity index (χ3n) is 24.6. The smallest absolute Gasteiger partial charge is 0.260 e. The van der Waals surface area contributed by atoms with Gasteiger partial charge < -0.3 is 37.8 Å². The van der Waals surface area contributed by atoms with E-state index in [9.17, 15) is 0 Å². The number of aromatic nitrogens is 4. The van der Waals surface area contributed by atoms with E-state index < -0.39 is 0 Å². The van der Waals surface area contributed by atoms with Gasteiger partial charge in [-0.25, -0.2) is 0 Å². The second kappa shape index (κ2) is 20.9. The van der Waals surface area contributed by atoms with E-state index in [1.807, 2.05) is 0 Å². The van der Waals surface area contributed by atoms with Gasteiger partial charge in [0.15, 0.2) is 0 Å². The van der Waals surface area contributed by atoms with Crippen LogP contribution in [0.15, 0.2) is 218 Å². The average Bonchev–Trinajstić information content (AvgIpc) is 1.65. The van der Waals surface area contributed by atoms with Crippen LogP contribution in [0, 0.1) is 62.3 Å². The summed E-state index contributed by atoms with van der Waals surface area (Å²) in [6.07, 6.45) is 2.20. The van der Waals surface area contributed by atoms with Gasteiger partial charge in [-0.1, -0.05) is 123 Å². The first-order valence-corrected chi connectivity index (χ1v) is 38.6. The summed E-state index contributed by atoms with van der Waals surface area (Å²) >= 11 is 1.72. The Balaban J connectivity index is 0.761. The molecule has 0 aliphatic carbocycles. The Hall–Kier alpha value is -12.2. The minimum atomic E-state index is -0.313. The summed E-state index contributed by atoms with van der Waals surface area (Å²) in [5, 5.41) is 14.2. The van der Waals surface area contributed by atoms with Gasteiger partial charge in [0.1, 0.15) is 34.5 Å². The summed E-state index contributed by atoms with van der Waals surface area (Å²) in [6, 6.07) is 83.9. The van der Waals surface area contributed by atoms with Crippen LogP contribution in [0.4, 0.5) is 22.7 Å². The first-order chi connectivity index (χ1) is 52.1. The molecule has 6 aliphatic rings. The van der Waals surface area contributed by atoms with Crippen LogP contribution >= 0.6 is 11.9 Å². The Kier molecular flexibility index (Phi) is 11.7. The lowest BCUT2D eigenvalue weighted by molar-refractivity contribution is 0.464. The van der Waals surface area contributed by atoms with Crippen LogP contribution in [0.3, 0.4) is 0 Å². The van der Waals surface area contributed by atoms with Crippen molar-refractivity contribution in [1.82, 2.24) is 18.3 Å². The number of aryl methyl sites for hydroxylation is 9. The van der Waals surface area contributed by atoms with E-state index >= 15 is 0 Å². The molecule has 0 spiro atoms. The molecule has 13 heteroatoms. The first kappa shape index (κ1) is 60.1. The van der Waals surface area contributed by atoms with Crippen LogP contribution in [-0.4, -0.2) is 44.7 Å². The Bertz CT molecular complexity index is 7120. The van der Waals surface area contributed by atoms with Crippen molar-refractivity contribution in [3.63, 3.8) is 0 Å². The lowest BCUT2D eigenvalue weighted by atomic mass is 9.30. The second-order valence-corrected chi connectivity index (χ2v) is 32.3. The number of hydrogen-bond donors (Lipinski definition) is 1. The van der Waals surface area contributed by atoms with Crippen molar-refractivity contribution in [2.45, 2.75) is 62.3 Å². The zero-order valence-electron chi connectivity index (χ0n) is 60.9. The Morgan fingerprint density at radius 3 is 1.15 bits per heavy atom. The zero-order chi connectivity index (χ0) is 71.3. The highest BCUT2D eigenvalue weighted by molar-refractivity contribution is 8.00. The lowest BCUT2D eigenvalue weighted by Gasteiger charge is -2.41. The summed E-state index contributed by atoms with van der Waals surface area (Å²) in [4.78, 5) is 0. The molecule has 0 radical (unpaired) electrons. The maximum atomic E-state index is 7.77. The molecule has 18 aromatic rings. The quantitative estimate of drug-likeness (QED) is 0.140. The van der Waals surface area contributed by atoms with Gasteiger partial charge in [-0.15, -0.1) is 0 Å². The van der Waals surface area contributed by atoms with Crippen LogP contribution < -0.4 is 73.0 Å². The SMILES string of the molecule is CSN1c2cc3c(cc2B2c4cc(C)ccc4Oc4cc(-n5c6ccc(C)cc6c6cc(C)ccc65)cc1c42)B1c2cc4c(cc2Oc2cc(-n5c6ccc(C)cc6c6cc(C)ccc65)cc(c21)O3)Nc1cc(-n2c3ccc(C)cc3c3cc(C)ccc32)cc2c1B4c1cc(C)cc3c4cc(C)ccc4n-2c13. The molecule has 506 valence electrons. The van der Waals surface area contributed by atoms with Gasteiger partial charge in [-0.3, -0.25) is 4.31 Å². The van der Waals surface area contributed by atoms with E-state index in [4.69, 9.17) is 14.2 Å². The first-order valence-electron chi connectivity index (χ1n) is 37.4. The summed E-state index contributed by atoms with van der Waals surface area (Å²) < 4.78 is 35.2. The number of hydrogen-bond acceptors (Lipinski definition) is 6. The van der Waals surface area contributed by atoms with Crippen molar-refractivity contribution in [3.05, 3.63) is 268 Å². The largest absolute Gasteiger partial charge is 0.458 e. The molecule has 10 heterocycles. The van der Waals surface area contributed by atoms with Gasteiger partial charge in [0, 0.05) is 108 Å². The van der Waals surface area contributed by atoms with E-state index in [0.717, 1.165) is 124 Å². The molecule has 0 fully saturated rings. The highest BCUT2D eigenvalue weighted by Crippen LogP contribution is 2.49. The molecule has 0 bridgehead atoms. The highest BCUT2D eigenvalue weighted by atomic mass is 32.2. The molecule has 0 amide bonds. The normalized spacial score (nSPS) is 13.8. The summed E-state index contributed by atoms with van der Waals surface area (Å²) in [7, 11) is 0. The molecule has 14 aromatic carbocycles. The number of nitrogens with zero attached hydrogens (tertiary/aromatic N) is 5. The molecule has 9 nitrogen and oxygen atoms in total. The van der Waals surface area contributed by atoms with Crippen LogP contribution in [0.5, 0.6) is 34.5 Å². The molecule has 4 aromatic heterocycles. The van der Waals surface area contributed by atoms with Crippen molar-refractivity contribution in [1.29, 1.82) is 0 Å². The molecule has 1 N–H and O–H groups in total. The Morgan fingerprint density at radius 1 is 0.262 bits per heavy atom. The van der Waals surface area contributed by atoms with Gasteiger partial charge in [0.05, 0.1) is 67.1 Å². The van der Waals surface area contributed by atoms with Crippen LogP contribution in [0.2, 0.25) is 0 Å². The molecule has 107 heavy (non-hydrogen) atoms. The maximum Gasteiger partial charge on any atom is 0.260 e. The molecule has 0 saturated heterocycles. The number of rotatable bonds is 4. The van der Waals surface area contributed by atoms with E-state index in [1.165, 1.54) is 143 Å². The Labute approximate surface area is 623 Å². The fourth-order valence-corrected chi connectivity index (χ4v) is 20.8. The lowest BCUT2D eigenvalue weighted by Crippen LogP contribution is -2.64. The van der Waals surface area contributed by atoms with Crippen LogP contribution in [0.25, 0.3) is 110 Å². The van der Waals surface area contributed by atoms with Crippen molar-refractivity contribution in [2.75, 3.05) is 15.9 Å². The number of benzene rings is 14. The Morgan fingerprint density at radius 2 is 0.636 bits per heavy atom. The second-order valence-electron chi connectivity index (χ2n) is 31.6. The van der Waals surface area contributed by atoms with Gasteiger partial charge in [0.25, 0.3) is 20.1 Å². The minimum absolute atomic E-state index is 0.152. The van der Waals surface area contributed by atoms with E-state index in [1.54, 1.807) is 11.9 Å². The number of anilines is 4. The molecular formula is C94H67B3N6O3S. The third-order valence-corrected chi connectivity index (χ3v) is 25.3. The standard InChI is InChI=1S/C94H67B3N6O3S/c1-47-11-19-75-59(27-47)60-28-48(2)12-20-76(60)99(75)56-37-74-91-83(38-56)102-81-25-17-53(7)33-65(81)66-34-55(9)36-72(94(66)102)95(91)67-43-70-86(45-73(67)98-74)105-89-41-58(101-79-23-15-51(5)31-63(79)64-32-52(6)16-24-80(64)101)42-90-93(89)97(70)71-44-68-82(46-87(71)106-90)103(107-10)84-39-57(40-88-92(84)96(68)69-35-54(8)18-26-85(69)104-88)100-77-21-13-49(3)29-61(77)62-30-50(4)14-22-78(62)100/h11-46,98H,1-10H3. The number of nitrogens with one attached hydrogen (secondary N) is 1. The van der Waals surface area contributed by atoms with Crippen molar-refractivity contribution in [2.24, 2.45) is 0 Å². The third kappa shape index (κ3) is 8.03. The maximum absolute atomic E-state index is 7.77. The fourth-order valence-electron chi connectivity index (χ4n) is 20.1. The molecule has 24 rings (SSSR count). The van der Waals surface area contributed by atoms with Gasteiger partial charge in [0.2, 0.25) is 0 Å². The molecular weight excluding hydrogens is 1330 g/mol. The fraction of sp³-hybridized carbons (Fsp3) is 0.106. The van der Waals surface area contributed by atoms with Gasteiger partial charge >= 0.3 is 0 Å². The molecule has 0 unspecified atom stereocenters. The summed E-state index contributed by atoms with van der Waals surface area (Å²) in [5.41, 5.74) is 39.5. The van der Waals surface area contributed by atoms with Gasteiger partial charge in [-0.2, -0.15) is 0 Å². The molecule has 0 atom stereocenters. The monoisotopic (exact) mass is 1390 g/mol. The average molecular weight is 1390 g/mol. The molecule has 6 aliphatic heterocycles. The summed E-state index contributed by atoms with van der Waals surface area (Å²) in [5.74, 6) is 4.91. The molecule has 0 saturated carbocycles. The van der Waals surface area contributed by atoms with Crippen LogP contribution in [0.1, 0.15) is 50.1 Å². The van der Waals surface area contributed by atoms with Crippen LogP contribution in [-0.2, 0) is 0 Å². The number of ether oxygens (including phenoxy) is 3. The minimum Gasteiger partial charge on any atom is -0.458 e. The van der Waals surface area contributed by atoms with Crippen molar-refractivity contribution >= 4 is 191 Å². The topological polar surface area (TPSA) is 62.7 Å². The highest BCUT2D eigenvalue weighted by Gasteiger charge is 2.49. The van der Waals surface area contributed by atoms with Gasteiger partial charge in [-0.05, 0) is 233 Å². The zero-order valence-corrected chi connectivity index (χ0v) is 61.7. The number of fused-ring (bicyclic) bond motifs is 24. The van der Waals surface area contributed by atoms with E-state index in [-0.39, 0.29) is 20.1 Å². The summed E-state index contributed by atoms with van der Waals surface area (Å²) in [6.45, 7) is 19.2. The van der Waals surface area contributed by atoms with E-state index in [0.29, 0.717) is 0 Å².